The van der Waals surface area contributed by atoms with E-state index in [-0.39, 0.29) is 11.7 Å². The number of nitrogen functional groups attached to an aromatic ring is 1. The summed E-state index contributed by atoms with van der Waals surface area (Å²) in [7, 11) is -3.41. The van der Waals surface area contributed by atoms with Crippen molar-refractivity contribution < 1.29 is 13.5 Å². The molecule has 1 aromatic rings. The average molecular weight is 297 g/mol. The summed E-state index contributed by atoms with van der Waals surface area (Å²) in [6.45, 7) is 5.77. The van der Waals surface area contributed by atoms with Crippen LogP contribution in [0.5, 0.6) is 0 Å². The maximum Gasteiger partial charge on any atom is 0.179 e. The molecule has 0 radical (unpaired) electrons. The van der Waals surface area contributed by atoms with Crippen molar-refractivity contribution in [3.63, 3.8) is 0 Å². The smallest absolute Gasteiger partial charge is 0.179 e. The van der Waals surface area contributed by atoms with Gasteiger partial charge in [-0.2, -0.15) is 0 Å². The third-order valence-electron chi connectivity index (χ3n) is 4.85. The molecule has 0 saturated carbocycles. The molecule has 4 nitrogen and oxygen atoms in total. The number of aliphatic hydroxyl groups is 1. The summed E-state index contributed by atoms with van der Waals surface area (Å²) in [6, 6.07) is 4.87. The van der Waals surface area contributed by atoms with Crippen LogP contribution < -0.4 is 5.73 Å². The SMILES string of the molecule is CCC1(CC)CS(=O)(=O)c2ccc(N)cc2[C@@H](C)[C@H]1O. The Morgan fingerprint density at radius 3 is 2.50 bits per heavy atom. The molecule has 0 fully saturated rings. The molecule has 2 atom stereocenters. The van der Waals surface area contributed by atoms with Gasteiger partial charge >= 0.3 is 0 Å². The van der Waals surface area contributed by atoms with E-state index in [0.717, 1.165) is 0 Å². The van der Waals surface area contributed by atoms with Crippen LogP contribution in [0.25, 0.3) is 0 Å². The fourth-order valence-electron chi connectivity index (χ4n) is 3.32. The van der Waals surface area contributed by atoms with Crippen molar-refractivity contribution in [3.05, 3.63) is 23.8 Å². The molecule has 1 heterocycles. The van der Waals surface area contributed by atoms with E-state index in [4.69, 9.17) is 5.73 Å². The molecule has 1 aliphatic rings. The van der Waals surface area contributed by atoms with E-state index in [1.807, 2.05) is 20.8 Å². The van der Waals surface area contributed by atoms with Gasteiger partial charge in [0, 0.05) is 17.0 Å². The van der Waals surface area contributed by atoms with Crippen LogP contribution in [0.1, 0.15) is 45.1 Å². The Bertz CT molecular complexity index is 606. The van der Waals surface area contributed by atoms with Crippen molar-refractivity contribution in [2.24, 2.45) is 5.41 Å². The van der Waals surface area contributed by atoms with Crippen LogP contribution in [0.3, 0.4) is 0 Å². The molecule has 2 rings (SSSR count). The minimum Gasteiger partial charge on any atom is -0.399 e. The van der Waals surface area contributed by atoms with Crippen molar-refractivity contribution in [3.8, 4) is 0 Å². The van der Waals surface area contributed by atoms with Gasteiger partial charge in [0.25, 0.3) is 0 Å². The first-order valence-electron chi connectivity index (χ1n) is 7.07. The normalized spacial score (nSPS) is 27.6. The Kier molecular flexibility index (Phi) is 3.86. The van der Waals surface area contributed by atoms with Gasteiger partial charge in [-0.25, -0.2) is 8.42 Å². The van der Waals surface area contributed by atoms with Gasteiger partial charge < -0.3 is 10.8 Å². The van der Waals surface area contributed by atoms with Gasteiger partial charge in [0.15, 0.2) is 9.84 Å². The zero-order valence-corrected chi connectivity index (χ0v) is 13.1. The minimum atomic E-state index is -3.41. The predicted octanol–water partition coefficient (Wildman–Crippen LogP) is 2.33. The number of hydrogen-bond acceptors (Lipinski definition) is 4. The molecular weight excluding hydrogens is 274 g/mol. The van der Waals surface area contributed by atoms with Crippen LogP contribution in [-0.2, 0) is 9.84 Å². The molecular formula is C15H23NO3S. The van der Waals surface area contributed by atoms with E-state index in [0.29, 0.717) is 29.0 Å². The maximum absolute atomic E-state index is 12.7. The van der Waals surface area contributed by atoms with E-state index in [1.165, 1.54) is 0 Å². The van der Waals surface area contributed by atoms with Crippen LogP contribution in [-0.4, -0.2) is 25.4 Å². The number of fused-ring (bicyclic) bond motifs is 1. The Labute approximate surface area is 120 Å². The fourth-order valence-corrected chi connectivity index (χ4v) is 5.69. The zero-order valence-electron chi connectivity index (χ0n) is 12.3. The summed E-state index contributed by atoms with van der Waals surface area (Å²) in [5, 5.41) is 10.7. The summed E-state index contributed by atoms with van der Waals surface area (Å²) >= 11 is 0. The Morgan fingerprint density at radius 2 is 1.95 bits per heavy atom. The van der Waals surface area contributed by atoms with E-state index < -0.39 is 21.4 Å². The monoisotopic (exact) mass is 297 g/mol. The van der Waals surface area contributed by atoms with Crippen LogP contribution in [0.15, 0.2) is 23.1 Å². The summed E-state index contributed by atoms with van der Waals surface area (Å²) in [6.07, 6.45) is 0.588. The topological polar surface area (TPSA) is 80.4 Å². The summed E-state index contributed by atoms with van der Waals surface area (Å²) in [4.78, 5) is 0.321. The van der Waals surface area contributed by atoms with Crippen LogP contribution in [0.2, 0.25) is 0 Å². The molecule has 0 saturated heterocycles. The van der Waals surface area contributed by atoms with Crippen molar-refractivity contribution >= 4 is 15.5 Å². The molecule has 5 heteroatoms. The Morgan fingerprint density at radius 1 is 1.35 bits per heavy atom. The molecule has 0 bridgehead atoms. The van der Waals surface area contributed by atoms with Gasteiger partial charge in [0.05, 0.1) is 16.8 Å². The van der Waals surface area contributed by atoms with E-state index in [1.54, 1.807) is 18.2 Å². The molecule has 0 unspecified atom stereocenters. The average Bonchev–Trinajstić information content (AvgIpc) is 2.47. The lowest BCUT2D eigenvalue weighted by Gasteiger charge is -2.37. The van der Waals surface area contributed by atoms with Crippen LogP contribution >= 0.6 is 0 Å². The second-order valence-corrected chi connectivity index (χ2v) is 7.82. The number of benzene rings is 1. The first kappa shape index (κ1) is 15.3. The third-order valence-corrected chi connectivity index (χ3v) is 6.84. The van der Waals surface area contributed by atoms with E-state index >= 15 is 0 Å². The van der Waals surface area contributed by atoms with Crippen LogP contribution in [0, 0.1) is 5.41 Å². The summed E-state index contributed by atoms with van der Waals surface area (Å²) < 4.78 is 25.4. The molecule has 0 aromatic heterocycles. The molecule has 0 amide bonds. The number of rotatable bonds is 2. The number of hydrogen-bond donors (Lipinski definition) is 2. The van der Waals surface area contributed by atoms with Crippen molar-refractivity contribution in [1.82, 2.24) is 0 Å². The standard InChI is InChI=1S/C15H23NO3S/c1-4-15(5-2)9-20(18,19)13-7-6-11(16)8-12(13)10(3)14(15)17/h6-8,10,14,17H,4-5,9,16H2,1-3H3/t10-,14-/m1/s1. The van der Waals surface area contributed by atoms with Gasteiger partial charge in [-0.05, 0) is 36.6 Å². The van der Waals surface area contributed by atoms with Crippen molar-refractivity contribution in [2.75, 3.05) is 11.5 Å². The van der Waals surface area contributed by atoms with Gasteiger partial charge in [0.2, 0.25) is 0 Å². The molecule has 20 heavy (non-hydrogen) atoms. The lowest BCUT2D eigenvalue weighted by Crippen LogP contribution is -2.41. The molecule has 0 spiro atoms. The molecule has 112 valence electrons. The molecule has 0 aliphatic carbocycles. The van der Waals surface area contributed by atoms with E-state index in [2.05, 4.69) is 0 Å². The van der Waals surface area contributed by atoms with Crippen molar-refractivity contribution in [2.45, 2.75) is 50.5 Å². The highest BCUT2D eigenvalue weighted by Gasteiger charge is 2.46. The van der Waals surface area contributed by atoms with Gasteiger partial charge in [-0.15, -0.1) is 0 Å². The number of sulfone groups is 1. The first-order valence-corrected chi connectivity index (χ1v) is 8.73. The Balaban J connectivity index is 2.71. The van der Waals surface area contributed by atoms with Crippen molar-refractivity contribution in [1.29, 1.82) is 0 Å². The van der Waals surface area contributed by atoms with Gasteiger partial charge in [0.1, 0.15) is 0 Å². The summed E-state index contributed by atoms with van der Waals surface area (Å²) in [5.41, 5.74) is 6.36. The number of aliphatic hydroxyl groups excluding tert-OH is 1. The largest absolute Gasteiger partial charge is 0.399 e. The second kappa shape index (κ2) is 5.04. The minimum absolute atomic E-state index is 0.00454. The predicted molar refractivity (Wildman–Crippen MR) is 80.3 cm³/mol. The highest BCUT2D eigenvalue weighted by molar-refractivity contribution is 7.91. The zero-order chi connectivity index (χ0) is 15.1. The highest BCUT2D eigenvalue weighted by Crippen LogP contribution is 2.45. The number of anilines is 1. The lowest BCUT2D eigenvalue weighted by atomic mass is 9.72. The second-order valence-electron chi connectivity index (χ2n) is 5.86. The van der Waals surface area contributed by atoms with Gasteiger partial charge in [-0.3, -0.25) is 0 Å². The fraction of sp³-hybridized carbons (Fsp3) is 0.600. The molecule has 1 aliphatic heterocycles. The molecule has 1 aromatic carbocycles. The quantitative estimate of drug-likeness (QED) is 0.821. The third kappa shape index (κ3) is 2.23. The lowest BCUT2D eigenvalue weighted by molar-refractivity contribution is 0.0172. The highest BCUT2D eigenvalue weighted by atomic mass is 32.2. The first-order chi connectivity index (χ1) is 9.27. The Hall–Kier alpha value is -1.07. The van der Waals surface area contributed by atoms with Gasteiger partial charge in [-0.1, -0.05) is 20.8 Å². The maximum atomic E-state index is 12.7. The molecule has 3 N–H and O–H groups in total. The van der Waals surface area contributed by atoms with Crippen LogP contribution in [0.4, 0.5) is 5.69 Å². The summed E-state index contributed by atoms with van der Waals surface area (Å²) in [5.74, 6) is -0.249. The number of nitrogens with two attached hydrogens (primary N) is 1. The van der Waals surface area contributed by atoms with E-state index in [9.17, 15) is 13.5 Å².